The van der Waals surface area contributed by atoms with Gasteiger partial charge in [-0.05, 0) is 49.4 Å². The van der Waals surface area contributed by atoms with Gasteiger partial charge in [0, 0.05) is 9.50 Å². The summed E-state index contributed by atoms with van der Waals surface area (Å²) in [5, 5.41) is 3.25. The Bertz CT molecular complexity index is 858. The topological polar surface area (TPSA) is 75.3 Å². The minimum Gasteiger partial charge on any atom is -0.323 e. The molecular weight excluding hydrogens is 439 g/mol. The van der Waals surface area contributed by atoms with E-state index in [1.807, 2.05) is 0 Å². The van der Waals surface area contributed by atoms with Crippen molar-refractivity contribution in [3.63, 3.8) is 0 Å². The second kappa shape index (κ2) is 7.84. The van der Waals surface area contributed by atoms with Crippen LogP contribution in [-0.4, -0.2) is 20.4 Å². The Morgan fingerprint density at radius 2 is 1.75 bits per heavy atom. The number of nitrogens with one attached hydrogen (secondary N) is 2. The van der Waals surface area contributed by atoms with Gasteiger partial charge in [-0.15, -0.1) is 0 Å². The third-order valence-corrected chi connectivity index (χ3v) is 5.67. The lowest BCUT2D eigenvalue weighted by Gasteiger charge is -2.15. The van der Waals surface area contributed by atoms with E-state index in [1.54, 1.807) is 24.3 Å². The van der Waals surface area contributed by atoms with Crippen molar-refractivity contribution in [1.29, 1.82) is 0 Å². The van der Waals surface area contributed by atoms with Gasteiger partial charge in [-0.2, -0.15) is 4.72 Å². The summed E-state index contributed by atoms with van der Waals surface area (Å²) in [6.07, 6.45) is 0. The molecule has 128 valence electrons. The van der Waals surface area contributed by atoms with Gasteiger partial charge in [0.25, 0.3) is 0 Å². The first-order chi connectivity index (χ1) is 11.2. The van der Waals surface area contributed by atoms with E-state index in [0.717, 1.165) is 4.47 Å². The Morgan fingerprint density at radius 3 is 2.33 bits per heavy atom. The molecule has 2 rings (SSSR count). The van der Waals surface area contributed by atoms with Crippen molar-refractivity contribution >= 4 is 60.7 Å². The first-order valence-electron chi connectivity index (χ1n) is 6.73. The molecule has 2 N–H and O–H groups in total. The second-order valence-electron chi connectivity index (χ2n) is 4.91. The zero-order chi connectivity index (χ0) is 17.9. The van der Waals surface area contributed by atoms with E-state index in [4.69, 9.17) is 23.2 Å². The van der Waals surface area contributed by atoms with Crippen LogP contribution in [0.15, 0.2) is 51.8 Å². The van der Waals surface area contributed by atoms with Crippen molar-refractivity contribution in [3.8, 4) is 0 Å². The molecule has 0 aliphatic rings. The van der Waals surface area contributed by atoms with Crippen LogP contribution in [0.4, 0.5) is 5.69 Å². The molecule has 5 nitrogen and oxygen atoms in total. The van der Waals surface area contributed by atoms with Crippen LogP contribution in [0.2, 0.25) is 10.0 Å². The molecule has 1 atom stereocenters. The van der Waals surface area contributed by atoms with Crippen LogP contribution in [0.25, 0.3) is 0 Å². The summed E-state index contributed by atoms with van der Waals surface area (Å²) in [7, 11) is -3.82. The predicted octanol–water partition coefficient (Wildman–Crippen LogP) is 4.06. The van der Waals surface area contributed by atoms with Gasteiger partial charge in [0.1, 0.15) is 0 Å². The molecule has 0 radical (unpaired) electrons. The summed E-state index contributed by atoms with van der Waals surface area (Å²) in [6, 6.07) is 9.68. The van der Waals surface area contributed by atoms with E-state index in [-0.39, 0.29) is 9.92 Å². The summed E-state index contributed by atoms with van der Waals surface area (Å²) in [5.74, 6) is -0.542. The molecule has 0 saturated carbocycles. The van der Waals surface area contributed by atoms with Crippen LogP contribution in [0.5, 0.6) is 0 Å². The van der Waals surface area contributed by atoms with Crippen LogP contribution in [0, 0.1) is 0 Å². The number of sulfonamides is 1. The molecule has 24 heavy (non-hydrogen) atoms. The van der Waals surface area contributed by atoms with Crippen LogP contribution in [-0.2, 0) is 14.8 Å². The summed E-state index contributed by atoms with van der Waals surface area (Å²) in [6.45, 7) is 1.44. The highest BCUT2D eigenvalue weighted by atomic mass is 79.9. The van der Waals surface area contributed by atoms with Crippen molar-refractivity contribution in [2.24, 2.45) is 0 Å². The standard InChI is InChI=1S/C15H13BrCl2N2O3S/c1-9(15(21)19-14-7-4-11(17)8-13(14)18)20-24(22,23)12-5-2-10(16)3-6-12/h2-9,20H,1H3,(H,19,21)/t9-/m1/s1. The molecule has 2 aromatic carbocycles. The van der Waals surface area contributed by atoms with Crippen molar-refractivity contribution in [2.75, 3.05) is 5.32 Å². The van der Waals surface area contributed by atoms with Crippen molar-refractivity contribution in [2.45, 2.75) is 17.9 Å². The van der Waals surface area contributed by atoms with E-state index >= 15 is 0 Å². The number of halogens is 3. The van der Waals surface area contributed by atoms with E-state index in [9.17, 15) is 13.2 Å². The van der Waals surface area contributed by atoms with Gasteiger partial charge in [0.2, 0.25) is 15.9 Å². The molecule has 9 heteroatoms. The Labute approximate surface area is 158 Å². The summed E-state index contributed by atoms with van der Waals surface area (Å²) < 4.78 is 27.6. The fourth-order valence-corrected chi connectivity index (χ4v) is 3.72. The minimum atomic E-state index is -3.82. The van der Waals surface area contributed by atoms with E-state index in [2.05, 4.69) is 26.0 Å². The smallest absolute Gasteiger partial charge is 0.242 e. The maximum Gasteiger partial charge on any atom is 0.242 e. The van der Waals surface area contributed by atoms with Crippen molar-refractivity contribution in [1.82, 2.24) is 4.72 Å². The maximum atomic E-state index is 12.3. The van der Waals surface area contributed by atoms with E-state index < -0.39 is 22.0 Å². The summed E-state index contributed by atoms with van der Waals surface area (Å²) in [5.41, 5.74) is 0.348. The Morgan fingerprint density at radius 1 is 1.12 bits per heavy atom. The lowest BCUT2D eigenvalue weighted by Crippen LogP contribution is -2.41. The van der Waals surface area contributed by atoms with Crippen LogP contribution in [0.1, 0.15) is 6.92 Å². The third-order valence-electron chi connectivity index (χ3n) is 3.04. The normalized spacial score (nSPS) is 12.7. The predicted molar refractivity (Wildman–Crippen MR) is 99.0 cm³/mol. The number of carbonyl (C=O) groups excluding carboxylic acids is 1. The summed E-state index contributed by atoms with van der Waals surface area (Å²) in [4.78, 5) is 12.2. The SMILES string of the molecule is C[C@@H](NS(=O)(=O)c1ccc(Br)cc1)C(=O)Nc1ccc(Cl)cc1Cl. The monoisotopic (exact) mass is 450 g/mol. The van der Waals surface area contributed by atoms with Gasteiger partial charge < -0.3 is 5.32 Å². The van der Waals surface area contributed by atoms with Gasteiger partial charge >= 0.3 is 0 Å². The number of amides is 1. The molecule has 0 aromatic heterocycles. The molecule has 1 amide bonds. The van der Waals surface area contributed by atoms with E-state index in [0.29, 0.717) is 10.7 Å². The Balaban J connectivity index is 2.09. The fraction of sp³-hybridized carbons (Fsp3) is 0.133. The average Bonchev–Trinajstić information content (AvgIpc) is 2.50. The lowest BCUT2D eigenvalue weighted by molar-refractivity contribution is -0.117. The molecule has 0 fully saturated rings. The number of anilines is 1. The highest BCUT2D eigenvalue weighted by Gasteiger charge is 2.22. The van der Waals surface area contributed by atoms with Crippen LogP contribution >= 0.6 is 39.1 Å². The van der Waals surface area contributed by atoms with Gasteiger partial charge in [-0.1, -0.05) is 39.1 Å². The number of benzene rings is 2. The average molecular weight is 452 g/mol. The Kier molecular flexibility index (Phi) is 6.28. The van der Waals surface area contributed by atoms with Crippen LogP contribution in [0.3, 0.4) is 0 Å². The molecule has 0 heterocycles. The van der Waals surface area contributed by atoms with Crippen LogP contribution < -0.4 is 10.0 Å². The Hall–Kier alpha value is -1.12. The van der Waals surface area contributed by atoms with Gasteiger partial charge in [0.15, 0.2) is 0 Å². The molecular formula is C15H13BrCl2N2O3S. The first-order valence-corrected chi connectivity index (χ1v) is 9.76. The lowest BCUT2D eigenvalue weighted by atomic mass is 10.3. The zero-order valence-corrected chi connectivity index (χ0v) is 16.3. The molecule has 2 aromatic rings. The quantitative estimate of drug-likeness (QED) is 0.719. The van der Waals surface area contributed by atoms with Gasteiger partial charge in [-0.25, -0.2) is 8.42 Å². The van der Waals surface area contributed by atoms with Gasteiger partial charge in [-0.3, -0.25) is 4.79 Å². The largest absolute Gasteiger partial charge is 0.323 e. The van der Waals surface area contributed by atoms with Crippen molar-refractivity contribution in [3.05, 3.63) is 57.0 Å². The van der Waals surface area contributed by atoms with Crippen molar-refractivity contribution < 1.29 is 13.2 Å². The molecule has 0 aliphatic heterocycles. The third kappa shape index (κ3) is 4.94. The first kappa shape index (κ1) is 19.2. The molecule has 0 unspecified atom stereocenters. The number of carbonyl (C=O) groups is 1. The highest BCUT2D eigenvalue weighted by molar-refractivity contribution is 9.10. The molecule has 0 spiro atoms. The minimum absolute atomic E-state index is 0.0647. The maximum absolute atomic E-state index is 12.3. The van der Waals surface area contributed by atoms with Gasteiger partial charge in [0.05, 0.1) is 21.6 Å². The molecule has 0 saturated heterocycles. The van der Waals surface area contributed by atoms with E-state index in [1.165, 1.54) is 25.1 Å². The summed E-state index contributed by atoms with van der Waals surface area (Å²) >= 11 is 15.0. The fourth-order valence-electron chi connectivity index (χ4n) is 1.80. The second-order valence-corrected chi connectivity index (χ2v) is 8.38. The highest BCUT2D eigenvalue weighted by Crippen LogP contribution is 2.25. The number of hydrogen-bond acceptors (Lipinski definition) is 3. The molecule has 0 bridgehead atoms. The zero-order valence-electron chi connectivity index (χ0n) is 12.4. The number of hydrogen-bond donors (Lipinski definition) is 2. The number of rotatable bonds is 5. The molecule has 0 aliphatic carbocycles.